The van der Waals surface area contributed by atoms with Crippen molar-refractivity contribution in [2.75, 3.05) is 0 Å². The van der Waals surface area contributed by atoms with E-state index in [9.17, 15) is 9.59 Å². The van der Waals surface area contributed by atoms with Crippen molar-refractivity contribution < 1.29 is 9.53 Å². The predicted molar refractivity (Wildman–Crippen MR) is 118 cm³/mol. The lowest BCUT2D eigenvalue weighted by atomic mass is 9.89. The Balaban J connectivity index is 1.53. The van der Waals surface area contributed by atoms with E-state index in [-0.39, 0.29) is 17.6 Å². The average Bonchev–Trinajstić information content (AvgIpc) is 3.03. The van der Waals surface area contributed by atoms with Gasteiger partial charge in [0.15, 0.2) is 5.16 Å². The first-order valence-electron chi connectivity index (χ1n) is 9.88. The summed E-state index contributed by atoms with van der Waals surface area (Å²) in [4.78, 5) is 34.6. The SMILES string of the molecule is CC1CCc2c(sc3nc(SCc4cccc(C(=O)OC(C)C)c4)[nH]c(=O)c23)C1. The number of aryl methyl sites for hydroxylation is 1. The fourth-order valence-electron chi connectivity index (χ4n) is 3.62. The van der Waals surface area contributed by atoms with Crippen LogP contribution >= 0.6 is 23.1 Å². The second-order valence-electron chi connectivity index (χ2n) is 7.85. The minimum absolute atomic E-state index is 0.0428. The van der Waals surface area contributed by atoms with Crippen molar-refractivity contribution in [2.45, 2.75) is 57.0 Å². The van der Waals surface area contributed by atoms with Gasteiger partial charge in [0.1, 0.15) is 4.83 Å². The summed E-state index contributed by atoms with van der Waals surface area (Å²) in [5.74, 6) is 0.954. The van der Waals surface area contributed by atoms with Gasteiger partial charge in [-0.05, 0) is 62.3 Å². The topological polar surface area (TPSA) is 72.0 Å². The number of nitrogens with zero attached hydrogens (tertiary/aromatic N) is 1. The Labute approximate surface area is 177 Å². The third-order valence-corrected chi connectivity index (χ3v) is 7.12. The van der Waals surface area contributed by atoms with Gasteiger partial charge in [-0.3, -0.25) is 4.79 Å². The number of hydrogen-bond donors (Lipinski definition) is 1. The molecule has 1 atom stereocenters. The molecule has 2 heterocycles. The highest BCUT2D eigenvalue weighted by Gasteiger charge is 2.23. The van der Waals surface area contributed by atoms with Crippen LogP contribution in [0.1, 0.15) is 53.6 Å². The van der Waals surface area contributed by atoms with Crippen LogP contribution in [0, 0.1) is 5.92 Å². The molecule has 0 radical (unpaired) electrons. The molecular weight excluding hydrogens is 404 g/mol. The first-order valence-corrected chi connectivity index (χ1v) is 11.7. The minimum atomic E-state index is -0.321. The van der Waals surface area contributed by atoms with Gasteiger partial charge >= 0.3 is 5.97 Å². The van der Waals surface area contributed by atoms with E-state index in [4.69, 9.17) is 9.72 Å². The van der Waals surface area contributed by atoms with Gasteiger partial charge in [-0.15, -0.1) is 11.3 Å². The number of nitrogens with one attached hydrogen (secondary N) is 1. The van der Waals surface area contributed by atoms with E-state index in [1.54, 1.807) is 17.4 Å². The number of ether oxygens (including phenoxy) is 1. The van der Waals surface area contributed by atoms with E-state index in [1.165, 1.54) is 22.2 Å². The van der Waals surface area contributed by atoms with Gasteiger partial charge in [0.25, 0.3) is 5.56 Å². The maximum absolute atomic E-state index is 12.7. The zero-order chi connectivity index (χ0) is 20.5. The zero-order valence-corrected chi connectivity index (χ0v) is 18.4. The van der Waals surface area contributed by atoms with Gasteiger partial charge in [-0.2, -0.15) is 0 Å². The highest BCUT2D eigenvalue weighted by atomic mass is 32.2. The molecule has 0 spiro atoms. The summed E-state index contributed by atoms with van der Waals surface area (Å²) in [6, 6.07) is 7.39. The van der Waals surface area contributed by atoms with Crippen LogP contribution in [0.2, 0.25) is 0 Å². The molecule has 1 unspecified atom stereocenters. The molecular formula is C22H24N2O3S2. The molecule has 0 saturated heterocycles. The molecule has 0 fully saturated rings. The summed E-state index contributed by atoms with van der Waals surface area (Å²) in [6.07, 6.45) is 2.98. The summed E-state index contributed by atoms with van der Waals surface area (Å²) in [5.41, 5.74) is 2.67. The molecule has 5 nitrogen and oxygen atoms in total. The lowest BCUT2D eigenvalue weighted by Crippen LogP contribution is -2.13. The van der Waals surface area contributed by atoms with Crippen LogP contribution in [0.25, 0.3) is 10.2 Å². The summed E-state index contributed by atoms with van der Waals surface area (Å²) >= 11 is 3.13. The number of fused-ring (bicyclic) bond motifs is 3. The van der Waals surface area contributed by atoms with Gasteiger partial charge in [0, 0.05) is 10.6 Å². The Morgan fingerprint density at radius 3 is 3.03 bits per heavy atom. The van der Waals surface area contributed by atoms with E-state index in [0.717, 1.165) is 35.0 Å². The summed E-state index contributed by atoms with van der Waals surface area (Å²) in [6.45, 7) is 5.93. The molecule has 7 heteroatoms. The first-order chi connectivity index (χ1) is 13.9. The number of thioether (sulfide) groups is 1. The molecule has 3 aromatic rings. The molecule has 4 rings (SSSR count). The maximum atomic E-state index is 12.7. The smallest absolute Gasteiger partial charge is 0.338 e. The lowest BCUT2D eigenvalue weighted by molar-refractivity contribution is 0.0378. The molecule has 0 amide bonds. The number of carbonyl (C=O) groups is 1. The fourth-order valence-corrected chi connectivity index (χ4v) is 5.86. The van der Waals surface area contributed by atoms with Crippen molar-refractivity contribution in [3.8, 4) is 0 Å². The van der Waals surface area contributed by atoms with Crippen LogP contribution in [0.4, 0.5) is 0 Å². The van der Waals surface area contributed by atoms with E-state index >= 15 is 0 Å². The standard InChI is InChI=1S/C22H24N2O3S2/c1-12(2)27-21(26)15-6-4-5-14(10-15)11-28-22-23-19(25)18-16-8-7-13(3)9-17(16)29-20(18)24-22/h4-6,10,12-13H,7-9,11H2,1-3H3,(H,23,24,25). The normalized spacial score (nSPS) is 16.2. The molecule has 0 aliphatic heterocycles. The third-order valence-electron chi connectivity index (χ3n) is 5.02. The van der Waals surface area contributed by atoms with Gasteiger partial charge in [-0.25, -0.2) is 9.78 Å². The Bertz CT molecular complexity index is 1120. The molecule has 1 aromatic carbocycles. The Morgan fingerprint density at radius 1 is 1.41 bits per heavy atom. The fraction of sp³-hybridized carbons (Fsp3) is 0.409. The number of carbonyl (C=O) groups excluding carboxylic acids is 1. The molecule has 1 aliphatic carbocycles. The van der Waals surface area contributed by atoms with Gasteiger partial charge in [-0.1, -0.05) is 30.8 Å². The van der Waals surface area contributed by atoms with Crippen LogP contribution in [-0.2, 0) is 23.3 Å². The zero-order valence-electron chi connectivity index (χ0n) is 16.8. The second-order valence-corrected chi connectivity index (χ2v) is 9.89. The number of rotatable bonds is 5. The number of H-pyrrole nitrogens is 1. The van der Waals surface area contributed by atoms with Gasteiger partial charge < -0.3 is 9.72 Å². The molecule has 2 aromatic heterocycles. The summed E-state index contributed by atoms with van der Waals surface area (Å²) < 4.78 is 5.26. The molecule has 1 N–H and O–H groups in total. The van der Waals surface area contributed by atoms with E-state index in [2.05, 4.69) is 11.9 Å². The van der Waals surface area contributed by atoms with E-state index in [1.807, 2.05) is 32.0 Å². The maximum Gasteiger partial charge on any atom is 0.338 e. The third kappa shape index (κ3) is 4.41. The largest absolute Gasteiger partial charge is 0.459 e. The van der Waals surface area contributed by atoms with Crippen LogP contribution in [-0.4, -0.2) is 22.0 Å². The number of aromatic nitrogens is 2. The highest BCUT2D eigenvalue weighted by Crippen LogP contribution is 2.36. The van der Waals surface area contributed by atoms with Crippen molar-refractivity contribution >= 4 is 39.3 Å². The number of esters is 1. The van der Waals surface area contributed by atoms with Crippen molar-refractivity contribution in [2.24, 2.45) is 5.92 Å². The predicted octanol–water partition coefficient (Wildman–Crippen LogP) is 4.97. The molecule has 0 bridgehead atoms. The first kappa shape index (κ1) is 20.2. The number of aromatic amines is 1. The molecule has 1 aliphatic rings. The Kier molecular flexibility index (Phi) is 5.79. The average molecular weight is 429 g/mol. The van der Waals surface area contributed by atoms with Crippen molar-refractivity contribution in [3.05, 3.63) is 56.2 Å². The number of hydrogen-bond acceptors (Lipinski definition) is 6. The summed E-state index contributed by atoms with van der Waals surface area (Å²) in [5, 5.41) is 1.39. The van der Waals surface area contributed by atoms with Crippen molar-refractivity contribution in [1.29, 1.82) is 0 Å². The Morgan fingerprint density at radius 2 is 2.24 bits per heavy atom. The number of thiophene rings is 1. The monoisotopic (exact) mass is 428 g/mol. The van der Waals surface area contributed by atoms with Crippen molar-refractivity contribution in [3.63, 3.8) is 0 Å². The van der Waals surface area contributed by atoms with E-state index < -0.39 is 0 Å². The van der Waals surface area contributed by atoms with Crippen LogP contribution < -0.4 is 5.56 Å². The van der Waals surface area contributed by atoms with Gasteiger partial charge in [0.05, 0.1) is 17.1 Å². The number of benzene rings is 1. The van der Waals surface area contributed by atoms with Crippen LogP contribution in [0.15, 0.2) is 34.2 Å². The van der Waals surface area contributed by atoms with Crippen LogP contribution in [0.5, 0.6) is 0 Å². The van der Waals surface area contributed by atoms with Crippen LogP contribution in [0.3, 0.4) is 0 Å². The minimum Gasteiger partial charge on any atom is -0.459 e. The lowest BCUT2D eigenvalue weighted by Gasteiger charge is -2.17. The molecule has 0 saturated carbocycles. The quantitative estimate of drug-likeness (QED) is 0.353. The van der Waals surface area contributed by atoms with E-state index in [0.29, 0.717) is 22.4 Å². The molecule has 152 valence electrons. The van der Waals surface area contributed by atoms with Gasteiger partial charge in [0.2, 0.25) is 0 Å². The highest BCUT2D eigenvalue weighted by molar-refractivity contribution is 7.98. The molecule has 29 heavy (non-hydrogen) atoms. The second kappa shape index (κ2) is 8.32. The Hall–Kier alpha value is -2.12. The summed E-state index contributed by atoms with van der Waals surface area (Å²) in [7, 11) is 0. The van der Waals surface area contributed by atoms with Crippen molar-refractivity contribution in [1.82, 2.24) is 9.97 Å².